The minimum Gasteiger partial charge on any atom is -0.381 e. The highest BCUT2D eigenvalue weighted by atomic mass is 16.5. The van der Waals surface area contributed by atoms with E-state index < -0.39 is 6.04 Å². The van der Waals surface area contributed by atoms with Gasteiger partial charge in [-0.2, -0.15) is 0 Å². The summed E-state index contributed by atoms with van der Waals surface area (Å²) in [7, 11) is 0. The highest BCUT2D eigenvalue weighted by Gasteiger charge is 2.26. The van der Waals surface area contributed by atoms with Crippen LogP contribution in [-0.4, -0.2) is 39.7 Å². The number of rotatable bonds is 4. The van der Waals surface area contributed by atoms with E-state index in [-0.39, 0.29) is 11.8 Å². The lowest BCUT2D eigenvalue weighted by Crippen LogP contribution is -2.44. The molecule has 1 fully saturated rings. The Labute approximate surface area is 151 Å². The topological polar surface area (TPSA) is 95.1 Å². The molecule has 1 unspecified atom stereocenters. The zero-order valence-corrected chi connectivity index (χ0v) is 14.3. The number of pyridine rings is 1. The number of nitrogens with zero attached hydrogens (tertiary/aromatic N) is 3. The van der Waals surface area contributed by atoms with Gasteiger partial charge in [-0.15, -0.1) is 0 Å². The number of nitrogens with one attached hydrogen (secondary N) is 1. The summed E-state index contributed by atoms with van der Waals surface area (Å²) in [5, 5.41) is 2.86. The van der Waals surface area contributed by atoms with Gasteiger partial charge in [-0.25, -0.2) is 9.97 Å². The second kappa shape index (κ2) is 7.23. The zero-order chi connectivity index (χ0) is 17.9. The molecule has 3 heterocycles. The highest BCUT2D eigenvalue weighted by Crippen LogP contribution is 2.20. The van der Waals surface area contributed by atoms with E-state index in [2.05, 4.69) is 15.3 Å². The quantitative estimate of drug-likeness (QED) is 0.751. The summed E-state index contributed by atoms with van der Waals surface area (Å²) >= 11 is 0. The van der Waals surface area contributed by atoms with E-state index in [4.69, 9.17) is 10.5 Å². The standard InChI is InChI=1S/C19H21N5O2/c20-18(13-7-9-26-10-8-13)19(25)23-14-5-6-17(21-11-14)24-12-22-15-3-1-2-4-16(15)24/h1-6,11-13,18H,7-10,20H2,(H,23,25). The van der Waals surface area contributed by atoms with Crippen LogP contribution in [-0.2, 0) is 9.53 Å². The molecule has 3 N–H and O–H groups in total. The lowest BCUT2D eigenvalue weighted by molar-refractivity contribution is -0.119. The van der Waals surface area contributed by atoms with E-state index in [1.165, 1.54) is 0 Å². The van der Waals surface area contributed by atoms with Crippen molar-refractivity contribution in [3.63, 3.8) is 0 Å². The van der Waals surface area contributed by atoms with E-state index in [9.17, 15) is 4.79 Å². The van der Waals surface area contributed by atoms with E-state index in [0.29, 0.717) is 18.9 Å². The van der Waals surface area contributed by atoms with Gasteiger partial charge < -0.3 is 15.8 Å². The Morgan fingerprint density at radius 1 is 1.19 bits per heavy atom. The minimum absolute atomic E-state index is 0.160. The van der Waals surface area contributed by atoms with Crippen molar-refractivity contribution >= 4 is 22.6 Å². The van der Waals surface area contributed by atoms with Crippen molar-refractivity contribution < 1.29 is 9.53 Å². The van der Waals surface area contributed by atoms with Gasteiger partial charge in [-0.05, 0) is 43.0 Å². The number of ether oxygens (including phenoxy) is 1. The normalized spacial score (nSPS) is 16.5. The average Bonchev–Trinajstić information content (AvgIpc) is 3.13. The van der Waals surface area contributed by atoms with Crippen molar-refractivity contribution in [3.05, 3.63) is 48.9 Å². The number of fused-ring (bicyclic) bond motifs is 1. The number of aromatic nitrogens is 3. The molecule has 26 heavy (non-hydrogen) atoms. The molecule has 0 aliphatic carbocycles. The molecule has 7 nitrogen and oxygen atoms in total. The van der Waals surface area contributed by atoms with Crippen LogP contribution in [0.1, 0.15) is 12.8 Å². The van der Waals surface area contributed by atoms with Gasteiger partial charge in [0, 0.05) is 13.2 Å². The van der Waals surface area contributed by atoms with Gasteiger partial charge in [-0.3, -0.25) is 9.36 Å². The van der Waals surface area contributed by atoms with E-state index in [1.54, 1.807) is 12.5 Å². The number of para-hydroxylation sites is 2. The van der Waals surface area contributed by atoms with Gasteiger partial charge in [0.15, 0.2) is 0 Å². The van der Waals surface area contributed by atoms with Gasteiger partial charge in [-0.1, -0.05) is 12.1 Å². The van der Waals surface area contributed by atoms with E-state index in [1.807, 2.05) is 41.0 Å². The number of nitrogens with two attached hydrogens (primary N) is 1. The summed E-state index contributed by atoms with van der Waals surface area (Å²) in [6, 6.07) is 11.0. The molecule has 0 saturated carbocycles. The predicted molar refractivity (Wildman–Crippen MR) is 99.0 cm³/mol. The van der Waals surface area contributed by atoms with Crippen molar-refractivity contribution in [2.24, 2.45) is 11.7 Å². The first-order chi connectivity index (χ1) is 12.7. The Balaban J connectivity index is 1.46. The first kappa shape index (κ1) is 16.7. The summed E-state index contributed by atoms with van der Waals surface area (Å²) < 4.78 is 7.23. The minimum atomic E-state index is -0.531. The molecule has 2 aromatic heterocycles. The number of imidazole rings is 1. The molecule has 1 aromatic carbocycles. The fraction of sp³-hybridized carbons (Fsp3) is 0.316. The fourth-order valence-corrected chi connectivity index (χ4v) is 3.26. The van der Waals surface area contributed by atoms with E-state index in [0.717, 1.165) is 29.7 Å². The molecule has 0 spiro atoms. The highest BCUT2D eigenvalue weighted by molar-refractivity contribution is 5.94. The molecule has 4 rings (SSSR count). The van der Waals surface area contributed by atoms with Crippen molar-refractivity contribution in [3.8, 4) is 5.82 Å². The lowest BCUT2D eigenvalue weighted by Gasteiger charge is -2.26. The molecule has 1 atom stereocenters. The number of hydrogen-bond acceptors (Lipinski definition) is 5. The van der Waals surface area contributed by atoms with Gasteiger partial charge in [0.25, 0.3) is 0 Å². The average molecular weight is 351 g/mol. The molecule has 7 heteroatoms. The van der Waals surface area contributed by atoms with Crippen LogP contribution in [0.3, 0.4) is 0 Å². The fourth-order valence-electron chi connectivity index (χ4n) is 3.26. The second-order valence-corrected chi connectivity index (χ2v) is 6.47. The first-order valence-electron chi connectivity index (χ1n) is 8.75. The van der Waals surface area contributed by atoms with Gasteiger partial charge in [0.05, 0.1) is 29.0 Å². The first-order valence-corrected chi connectivity index (χ1v) is 8.75. The second-order valence-electron chi connectivity index (χ2n) is 6.47. The summed E-state index contributed by atoms with van der Waals surface area (Å²) in [6.07, 6.45) is 5.02. The maximum Gasteiger partial charge on any atom is 0.241 e. The Bertz CT molecular complexity index is 900. The smallest absolute Gasteiger partial charge is 0.241 e. The van der Waals surface area contributed by atoms with Crippen molar-refractivity contribution in [2.45, 2.75) is 18.9 Å². The Kier molecular flexibility index (Phi) is 4.64. The SMILES string of the molecule is NC(C(=O)Nc1ccc(-n2cnc3ccccc32)nc1)C1CCOCC1. The molecule has 1 aliphatic rings. The molecule has 1 amide bonds. The lowest BCUT2D eigenvalue weighted by atomic mass is 9.92. The van der Waals surface area contributed by atoms with Crippen LogP contribution in [0.25, 0.3) is 16.9 Å². The van der Waals surface area contributed by atoms with Crippen LogP contribution in [0.5, 0.6) is 0 Å². The monoisotopic (exact) mass is 351 g/mol. The van der Waals surface area contributed by atoms with Crippen LogP contribution in [0.15, 0.2) is 48.9 Å². The van der Waals surface area contributed by atoms with Crippen molar-refractivity contribution in [2.75, 3.05) is 18.5 Å². The largest absolute Gasteiger partial charge is 0.381 e. The molecule has 1 aliphatic heterocycles. The van der Waals surface area contributed by atoms with Crippen LogP contribution >= 0.6 is 0 Å². The number of amides is 1. The van der Waals surface area contributed by atoms with Gasteiger partial charge in [0.2, 0.25) is 5.91 Å². The van der Waals surface area contributed by atoms with Crippen LogP contribution in [0.2, 0.25) is 0 Å². The third-order valence-corrected chi connectivity index (χ3v) is 4.79. The van der Waals surface area contributed by atoms with Gasteiger partial charge in [0.1, 0.15) is 12.1 Å². The summed E-state index contributed by atoms with van der Waals surface area (Å²) in [4.78, 5) is 21.2. The maximum atomic E-state index is 12.4. The predicted octanol–water partition coefficient (Wildman–Crippen LogP) is 2.11. The zero-order valence-electron chi connectivity index (χ0n) is 14.3. The summed E-state index contributed by atoms with van der Waals surface area (Å²) in [5.74, 6) is 0.721. The van der Waals surface area contributed by atoms with Crippen molar-refractivity contribution in [1.82, 2.24) is 14.5 Å². The summed E-state index contributed by atoms with van der Waals surface area (Å²) in [5.41, 5.74) is 8.63. The number of carbonyl (C=O) groups is 1. The molecular weight excluding hydrogens is 330 g/mol. The molecule has 3 aromatic rings. The molecule has 134 valence electrons. The molecule has 1 saturated heterocycles. The van der Waals surface area contributed by atoms with Gasteiger partial charge >= 0.3 is 0 Å². The molecular formula is C19H21N5O2. The number of hydrogen-bond donors (Lipinski definition) is 2. The number of benzene rings is 1. The third kappa shape index (κ3) is 3.31. The Morgan fingerprint density at radius 3 is 2.77 bits per heavy atom. The summed E-state index contributed by atoms with van der Waals surface area (Å²) in [6.45, 7) is 1.33. The number of carbonyl (C=O) groups excluding carboxylic acids is 1. The van der Waals surface area contributed by atoms with E-state index >= 15 is 0 Å². The maximum absolute atomic E-state index is 12.4. The Hall–Kier alpha value is -2.77. The molecule has 0 radical (unpaired) electrons. The number of anilines is 1. The van der Waals surface area contributed by atoms with Crippen molar-refractivity contribution in [1.29, 1.82) is 0 Å². The molecule has 0 bridgehead atoms. The van der Waals surface area contributed by atoms with Crippen LogP contribution in [0.4, 0.5) is 5.69 Å². The Morgan fingerprint density at radius 2 is 2.00 bits per heavy atom. The van der Waals surface area contributed by atoms with Crippen LogP contribution in [0, 0.1) is 5.92 Å². The van der Waals surface area contributed by atoms with Crippen LogP contribution < -0.4 is 11.1 Å². The third-order valence-electron chi connectivity index (χ3n) is 4.79.